The number of benzene rings is 1. The lowest BCUT2D eigenvalue weighted by molar-refractivity contribution is -0.184. The summed E-state index contributed by atoms with van der Waals surface area (Å²) in [6, 6.07) is 12.6. The molecule has 2 aliphatic rings. The Morgan fingerprint density at radius 2 is 1.97 bits per heavy atom. The van der Waals surface area contributed by atoms with Crippen LogP contribution in [0.15, 0.2) is 47.3 Å². The molecule has 3 aromatic rings. The number of carbonyl (C=O) groups is 1. The van der Waals surface area contributed by atoms with Crippen molar-refractivity contribution in [2.24, 2.45) is 0 Å². The highest BCUT2D eigenvalue weighted by atomic mass is 32.1. The first kappa shape index (κ1) is 20.2. The van der Waals surface area contributed by atoms with Gasteiger partial charge in [0.15, 0.2) is 6.29 Å². The number of anilines is 1. The second-order valence-electron chi connectivity index (χ2n) is 8.00. The van der Waals surface area contributed by atoms with Crippen LogP contribution in [0, 0.1) is 0 Å². The van der Waals surface area contributed by atoms with Gasteiger partial charge in [-0.3, -0.25) is 14.2 Å². The van der Waals surface area contributed by atoms with Gasteiger partial charge in [0.2, 0.25) is 0 Å². The topological polar surface area (TPSA) is 86.8 Å². The molecule has 4 heterocycles. The normalized spacial score (nSPS) is 21.6. The number of likely N-dealkylation sites (tertiary alicyclic amines) is 1. The van der Waals surface area contributed by atoms with Crippen molar-refractivity contribution in [1.29, 1.82) is 0 Å². The third-order valence-corrected chi connectivity index (χ3v) is 7.10. The predicted octanol–water partition coefficient (Wildman–Crippen LogP) is 3.39. The van der Waals surface area contributed by atoms with Gasteiger partial charge >= 0.3 is 0 Å². The molecule has 2 fully saturated rings. The Bertz CT molecular complexity index is 1150. The van der Waals surface area contributed by atoms with Crippen molar-refractivity contribution in [3.63, 3.8) is 0 Å². The van der Waals surface area contributed by atoms with Gasteiger partial charge in [-0.05, 0) is 43.9 Å². The second kappa shape index (κ2) is 8.45. The molecule has 0 spiro atoms. The van der Waals surface area contributed by atoms with E-state index in [1.165, 1.54) is 17.4 Å². The third kappa shape index (κ3) is 3.86. The van der Waals surface area contributed by atoms with Crippen LogP contribution in [0.3, 0.4) is 0 Å². The zero-order valence-electron chi connectivity index (χ0n) is 17.2. The van der Waals surface area contributed by atoms with E-state index < -0.39 is 0 Å². The monoisotopic (exact) mass is 439 g/mol. The van der Waals surface area contributed by atoms with Gasteiger partial charge in [0, 0.05) is 31.1 Å². The molecule has 0 saturated carbocycles. The summed E-state index contributed by atoms with van der Waals surface area (Å²) in [6.45, 7) is 1.88. The Morgan fingerprint density at radius 1 is 1.13 bits per heavy atom. The smallest absolute Gasteiger partial charge is 0.266 e. The van der Waals surface area contributed by atoms with Gasteiger partial charge in [-0.2, -0.15) is 0 Å². The van der Waals surface area contributed by atoms with Crippen LogP contribution in [-0.2, 0) is 9.47 Å². The molecule has 2 atom stereocenters. The lowest BCUT2D eigenvalue weighted by Gasteiger charge is -2.26. The molecule has 0 aliphatic carbocycles. The molecule has 31 heavy (non-hydrogen) atoms. The number of nitrogens with two attached hydrogens (primary N) is 1. The van der Waals surface area contributed by atoms with Crippen LogP contribution in [0.4, 0.5) is 5.69 Å². The quantitative estimate of drug-likeness (QED) is 0.673. The maximum absolute atomic E-state index is 13.3. The van der Waals surface area contributed by atoms with Gasteiger partial charge in [0.05, 0.1) is 17.5 Å². The molecule has 8 heteroatoms. The number of pyridine rings is 1. The van der Waals surface area contributed by atoms with E-state index in [0.29, 0.717) is 28.5 Å². The Balaban J connectivity index is 1.41. The van der Waals surface area contributed by atoms with Crippen LogP contribution < -0.4 is 11.3 Å². The Hall–Kier alpha value is -2.68. The van der Waals surface area contributed by atoms with Crippen molar-refractivity contribution in [1.82, 2.24) is 9.47 Å². The van der Waals surface area contributed by atoms with Crippen molar-refractivity contribution < 1.29 is 14.3 Å². The van der Waals surface area contributed by atoms with Crippen molar-refractivity contribution in [2.45, 2.75) is 38.1 Å². The molecule has 0 bridgehead atoms. The minimum atomic E-state index is -0.163. The van der Waals surface area contributed by atoms with E-state index in [-0.39, 0.29) is 23.9 Å². The standard InChI is InChI=1S/C23H25N3O4S/c24-20-17-9-10-18(27)26(15-6-2-1-3-7-15)23(17)31-21(20)22(28)25-12-11-16(14-25)30-19-8-4-5-13-29-19/h1-3,6-7,9-10,16,19H,4-5,8,11-14,24H2/t16-,19?/m1/s1. The highest BCUT2D eigenvalue weighted by Gasteiger charge is 2.32. The lowest BCUT2D eigenvalue weighted by atomic mass is 10.2. The van der Waals surface area contributed by atoms with Gasteiger partial charge in [-0.1, -0.05) is 18.2 Å². The number of hydrogen-bond acceptors (Lipinski definition) is 6. The fourth-order valence-corrected chi connectivity index (χ4v) is 5.49. The van der Waals surface area contributed by atoms with E-state index >= 15 is 0 Å². The van der Waals surface area contributed by atoms with Gasteiger partial charge in [-0.15, -0.1) is 11.3 Å². The molecule has 7 nitrogen and oxygen atoms in total. The number of fused-ring (bicyclic) bond motifs is 1. The molecule has 2 saturated heterocycles. The van der Waals surface area contributed by atoms with Gasteiger partial charge in [0.25, 0.3) is 11.5 Å². The van der Waals surface area contributed by atoms with Crippen LogP contribution >= 0.6 is 11.3 Å². The minimum absolute atomic E-state index is 0.0230. The van der Waals surface area contributed by atoms with Crippen molar-refractivity contribution in [2.75, 3.05) is 25.4 Å². The summed E-state index contributed by atoms with van der Waals surface area (Å²) in [7, 11) is 0. The number of amides is 1. The zero-order chi connectivity index (χ0) is 21.4. The van der Waals surface area contributed by atoms with E-state index in [0.717, 1.165) is 43.4 Å². The number of para-hydroxylation sites is 1. The van der Waals surface area contributed by atoms with Gasteiger partial charge in [-0.25, -0.2) is 0 Å². The molecule has 0 radical (unpaired) electrons. The Kier molecular flexibility index (Phi) is 5.52. The molecular formula is C23H25N3O4S. The van der Waals surface area contributed by atoms with Gasteiger partial charge < -0.3 is 20.1 Å². The first-order valence-electron chi connectivity index (χ1n) is 10.7. The van der Waals surface area contributed by atoms with E-state index in [1.807, 2.05) is 30.3 Å². The number of thiophene rings is 1. The molecule has 1 amide bonds. The highest BCUT2D eigenvalue weighted by molar-refractivity contribution is 7.21. The van der Waals surface area contributed by atoms with Crippen LogP contribution in [0.2, 0.25) is 0 Å². The zero-order valence-corrected chi connectivity index (χ0v) is 18.0. The van der Waals surface area contributed by atoms with Crippen molar-refractivity contribution in [3.05, 3.63) is 57.7 Å². The average molecular weight is 440 g/mol. The Labute approximate surface area is 184 Å². The molecular weight excluding hydrogens is 414 g/mol. The highest BCUT2D eigenvalue weighted by Crippen LogP contribution is 2.35. The summed E-state index contributed by atoms with van der Waals surface area (Å²) >= 11 is 1.27. The fraction of sp³-hybridized carbons (Fsp3) is 0.391. The summed E-state index contributed by atoms with van der Waals surface area (Å²) in [5, 5.41) is 0.722. The summed E-state index contributed by atoms with van der Waals surface area (Å²) in [4.78, 5) is 28.9. The fourth-order valence-electron chi connectivity index (χ4n) is 4.28. The summed E-state index contributed by atoms with van der Waals surface area (Å²) in [5.41, 5.74) is 7.41. The van der Waals surface area contributed by atoms with E-state index in [2.05, 4.69) is 0 Å². The molecule has 1 unspecified atom stereocenters. The van der Waals surface area contributed by atoms with Crippen LogP contribution in [0.1, 0.15) is 35.4 Å². The number of ether oxygens (including phenoxy) is 2. The third-order valence-electron chi connectivity index (χ3n) is 5.90. The maximum atomic E-state index is 13.3. The molecule has 2 N–H and O–H groups in total. The number of nitrogen functional groups attached to an aromatic ring is 1. The predicted molar refractivity (Wildman–Crippen MR) is 121 cm³/mol. The van der Waals surface area contributed by atoms with Gasteiger partial charge in [0.1, 0.15) is 9.71 Å². The van der Waals surface area contributed by atoms with E-state index in [4.69, 9.17) is 15.2 Å². The van der Waals surface area contributed by atoms with Crippen molar-refractivity contribution >= 4 is 33.1 Å². The van der Waals surface area contributed by atoms with Crippen LogP contribution in [-0.4, -0.2) is 47.5 Å². The minimum Gasteiger partial charge on any atom is -0.397 e. The number of hydrogen-bond donors (Lipinski definition) is 1. The van der Waals surface area contributed by atoms with Crippen LogP contribution in [0.25, 0.3) is 15.9 Å². The first-order chi connectivity index (χ1) is 15.1. The summed E-state index contributed by atoms with van der Waals surface area (Å²) in [6.07, 6.45) is 3.69. The second-order valence-corrected chi connectivity index (χ2v) is 9.00. The Morgan fingerprint density at radius 3 is 2.74 bits per heavy atom. The van der Waals surface area contributed by atoms with Crippen LogP contribution in [0.5, 0.6) is 0 Å². The number of aromatic nitrogens is 1. The SMILES string of the molecule is Nc1c(C(=O)N2CC[C@@H](OC3CCCCO3)C2)sc2c1ccc(=O)n2-c1ccccc1. The molecule has 2 aromatic heterocycles. The maximum Gasteiger partial charge on any atom is 0.266 e. The van der Waals surface area contributed by atoms with E-state index in [9.17, 15) is 9.59 Å². The lowest BCUT2D eigenvalue weighted by Crippen LogP contribution is -2.32. The number of carbonyl (C=O) groups excluding carboxylic acids is 1. The first-order valence-corrected chi connectivity index (χ1v) is 11.5. The molecule has 5 rings (SSSR count). The molecule has 1 aromatic carbocycles. The molecule has 2 aliphatic heterocycles. The summed E-state index contributed by atoms with van der Waals surface area (Å²) < 4.78 is 13.3. The largest absolute Gasteiger partial charge is 0.397 e. The molecule has 162 valence electrons. The van der Waals surface area contributed by atoms with Crippen molar-refractivity contribution in [3.8, 4) is 5.69 Å². The number of rotatable bonds is 4. The number of nitrogens with zero attached hydrogens (tertiary/aromatic N) is 2. The van der Waals surface area contributed by atoms with E-state index in [1.54, 1.807) is 15.5 Å². The average Bonchev–Trinajstić information content (AvgIpc) is 3.39. The summed E-state index contributed by atoms with van der Waals surface area (Å²) in [5.74, 6) is -0.110.